The molecule has 1 aromatic carbocycles. The molecule has 0 aromatic heterocycles. The Bertz CT molecular complexity index is 533. The monoisotopic (exact) mass is 320 g/mol. The molecule has 1 aliphatic rings. The average Bonchev–Trinajstić information content (AvgIpc) is 2.99. The fourth-order valence-electron chi connectivity index (χ4n) is 2.94. The van der Waals surface area contributed by atoms with E-state index in [4.69, 9.17) is 9.47 Å². The number of rotatable bonds is 6. The molecule has 1 heterocycles. The van der Waals surface area contributed by atoms with Crippen LogP contribution in [-0.4, -0.2) is 50.4 Å². The van der Waals surface area contributed by atoms with E-state index in [0.717, 1.165) is 13.0 Å². The highest BCUT2D eigenvalue weighted by Crippen LogP contribution is 2.21. The Balaban J connectivity index is 1.86. The summed E-state index contributed by atoms with van der Waals surface area (Å²) < 4.78 is 10.7. The summed E-state index contributed by atoms with van der Waals surface area (Å²) in [7, 11) is 1.66. The molecule has 2 amide bonds. The summed E-state index contributed by atoms with van der Waals surface area (Å²) in [6, 6.07) is 6.19. The van der Waals surface area contributed by atoms with E-state index >= 15 is 0 Å². The van der Waals surface area contributed by atoms with Crippen LogP contribution < -0.4 is 5.32 Å². The fraction of sp³-hybridized carbons (Fsp3) is 0.611. The van der Waals surface area contributed by atoms with Crippen molar-refractivity contribution in [2.24, 2.45) is 0 Å². The third-order valence-electron chi connectivity index (χ3n) is 4.53. The van der Waals surface area contributed by atoms with E-state index in [0.29, 0.717) is 19.8 Å². The minimum absolute atomic E-state index is 0.00383. The van der Waals surface area contributed by atoms with Gasteiger partial charge in [0.25, 0.3) is 0 Å². The van der Waals surface area contributed by atoms with Crippen LogP contribution >= 0.6 is 0 Å². The maximum Gasteiger partial charge on any atom is 0.317 e. The number of amides is 2. The number of likely N-dealkylation sites (tertiary alicyclic amines) is 1. The van der Waals surface area contributed by atoms with Gasteiger partial charge in [-0.25, -0.2) is 4.79 Å². The van der Waals surface area contributed by atoms with E-state index in [1.807, 2.05) is 17.9 Å². The van der Waals surface area contributed by atoms with Crippen LogP contribution in [0.15, 0.2) is 18.2 Å². The van der Waals surface area contributed by atoms with Crippen LogP contribution in [0.5, 0.6) is 0 Å². The number of benzene rings is 1. The van der Waals surface area contributed by atoms with E-state index in [1.54, 1.807) is 7.11 Å². The van der Waals surface area contributed by atoms with Gasteiger partial charge < -0.3 is 19.7 Å². The first-order valence-corrected chi connectivity index (χ1v) is 8.25. The predicted octanol–water partition coefficient (Wildman–Crippen LogP) is 2.81. The molecule has 0 radical (unpaired) electrons. The Hall–Kier alpha value is -1.59. The molecule has 2 atom stereocenters. The summed E-state index contributed by atoms with van der Waals surface area (Å²) in [6.45, 7) is 8.78. The smallest absolute Gasteiger partial charge is 0.317 e. The van der Waals surface area contributed by atoms with Gasteiger partial charge in [0.05, 0.1) is 25.4 Å². The highest BCUT2D eigenvalue weighted by Gasteiger charge is 2.27. The van der Waals surface area contributed by atoms with E-state index in [9.17, 15) is 4.79 Å². The van der Waals surface area contributed by atoms with E-state index < -0.39 is 0 Å². The Labute approximate surface area is 139 Å². The second-order valence-corrected chi connectivity index (χ2v) is 6.18. The topological polar surface area (TPSA) is 50.8 Å². The number of nitrogens with one attached hydrogen (secondary N) is 1. The number of ether oxygens (including phenoxy) is 2. The standard InChI is InChI=1S/C18H28N2O3/c1-13-6-5-7-17(14(13)2)15(3)19-18(21)20-9-8-16(12-20)23-11-10-22-4/h5-7,15-16H,8-12H2,1-4H3,(H,19,21)/t15-,16-/m1/s1. The van der Waals surface area contributed by atoms with Gasteiger partial charge in [-0.05, 0) is 43.9 Å². The normalized spacial score (nSPS) is 19.0. The van der Waals surface area contributed by atoms with Gasteiger partial charge in [-0.3, -0.25) is 0 Å². The number of carbonyl (C=O) groups is 1. The lowest BCUT2D eigenvalue weighted by molar-refractivity contribution is 0.0236. The van der Waals surface area contributed by atoms with Crippen molar-refractivity contribution in [1.29, 1.82) is 0 Å². The second kappa shape index (κ2) is 8.31. The van der Waals surface area contributed by atoms with Gasteiger partial charge >= 0.3 is 6.03 Å². The molecule has 1 aliphatic heterocycles. The zero-order valence-corrected chi connectivity index (χ0v) is 14.6. The number of carbonyl (C=O) groups excluding carboxylic acids is 1. The van der Waals surface area contributed by atoms with Crippen molar-refractivity contribution in [1.82, 2.24) is 10.2 Å². The molecule has 1 aromatic rings. The zero-order valence-electron chi connectivity index (χ0n) is 14.6. The highest BCUT2D eigenvalue weighted by molar-refractivity contribution is 5.75. The van der Waals surface area contributed by atoms with Crippen LogP contribution in [-0.2, 0) is 9.47 Å². The summed E-state index contributed by atoms with van der Waals surface area (Å²) in [5, 5.41) is 3.10. The molecule has 128 valence electrons. The number of aryl methyl sites for hydroxylation is 1. The van der Waals surface area contributed by atoms with Crippen LogP contribution in [0.3, 0.4) is 0 Å². The molecular weight excluding hydrogens is 292 g/mol. The van der Waals surface area contributed by atoms with Gasteiger partial charge in [-0.2, -0.15) is 0 Å². The van der Waals surface area contributed by atoms with Gasteiger partial charge in [0.15, 0.2) is 0 Å². The maximum atomic E-state index is 12.4. The first-order chi connectivity index (χ1) is 11.0. The first kappa shape index (κ1) is 17.8. The van der Waals surface area contributed by atoms with Crippen molar-refractivity contribution >= 4 is 6.03 Å². The van der Waals surface area contributed by atoms with Crippen LogP contribution in [0.1, 0.15) is 36.1 Å². The summed E-state index contributed by atoms with van der Waals surface area (Å²) in [5.74, 6) is 0. The van der Waals surface area contributed by atoms with E-state index in [2.05, 4.69) is 31.3 Å². The van der Waals surface area contributed by atoms with Crippen LogP contribution in [0.25, 0.3) is 0 Å². The molecule has 0 spiro atoms. The van der Waals surface area contributed by atoms with Gasteiger partial charge in [0.2, 0.25) is 0 Å². The summed E-state index contributed by atoms with van der Waals surface area (Å²) in [5.41, 5.74) is 3.66. The highest BCUT2D eigenvalue weighted by atomic mass is 16.5. The van der Waals surface area contributed by atoms with Crippen molar-refractivity contribution in [3.63, 3.8) is 0 Å². The van der Waals surface area contributed by atoms with Gasteiger partial charge in [-0.15, -0.1) is 0 Å². The molecule has 5 heteroatoms. The quantitative estimate of drug-likeness (QED) is 0.820. The Morgan fingerprint density at radius 1 is 1.39 bits per heavy atom. The third kappa shape index (κ3) is 4.69. The Morgan fingerprint density at radius 2 is 2.17 bits per heavy atom. The van der Waals surface area contributed by atoms with Gasteiger partial charge in [0, 0.05) is 20.2 Å². The van der Waals surface area contributed by atoms with Gasteiger partial charge in [-0.1, -0.05) is 18.2 Å². The van der Waals surface area contributed by atoms with Crippen LogP contribution in [0.4, 0.5) is 4.79 Å². The third-order valence-corrected chi connectivity index (χ3v) is 4.53. The largest absolute Gasteiger partial charge is 0.382 e. The van der Waals surface area contributed by atoms with Crippen molar-refractivity contribution in [3.8, 4) is 0 Å². The van der Waals surface area contributed by atoms with E-state index in [-0.39, 0.29) is 18.2 Å². The second-order valence-electron chi connectivity index (χ2n) is 6.18. The molecule has 0 aliphatic carbocycles. The number of methoxy groups -OCH3 is 1. The van der Waals surface area contributed by atoms with Crippen LogP contribution in [0.2, 0.25) is 0 Å². The summed E-state index contributed by atoms with van der Waals surface area (Å²) in [6.07, 6.45) is 1.00. The average molecular weight is 320 g/mol. The molecule has 1 saturated heterocycles. The first-order valence-electron chi connectivity index (χ1n) is 8.25. The molecule has 0 saturated carbocycles. The van der Waals surface area contributed by atoms with E-state index in [1.165, 1.54) is 16.7 Å². The Morgan fingerprint density at radius 3 is 2.91 bits per heavy atom. The maximum absolute atomic E-state index is 12.4. The predicted molar refractivity (Wildman–Crippen MR) is 90.7 cm³/mol. The Kier molecular flexibility index (Phi) is 6.42. The summed E-state index contributed by atoms with van der Waals surface area (Å²) >= 11 is 0. The number of nitrogens with zero attached hydrogens (tertiary/aromatic N) is 1. The molecule has 1 N–H and O–H groups in total. The molecule has 23 heavy (non-hydrogen) atoms. The zero-order chi connectivity index (χ0) is 16.8. The molecular formula is C18H28N2O3. The number of hydrogen-bond acceptors (Lipinski definition) is 3. The SMILES string of the molecule is COCCO[C@@H]1CCN(C(=O)N[C@H](C)c2cccc(C)c2C)C1. The minimum Gasteiger partial charge on any atom is -0.382 e. The molecule has 0 unspecified atom stereocenters. The molecule has 0 bridgehead atoms. The van der Waals surface area contributed by atoms with Crippen molar-refractivity contribution < 1.29 is 14.3 Å². The van der Waals surface area contributed by atoms with Crippen molar-refractivity contribution in [3.05, 3.63) is 34.9 Å². The fourth-order valence-corrected chi connectivity index (χ4v) is 2.94. The lowest BCUT2D eigenvalue weighted by Gasteiger charge is -2.22. The minimum atomic E-state index is -0.0174. The molecule has 2 rings (SSSR count). The molecule has 1 fully saturated rings. The van der Waals surface area contributed by atoms with Crippen molar-refractivity contribution in [2.75, 3.05) is 33.4 Å². The lowest BCUT2D eigenvalue weighted by Crippen LogP contribution is -2.40. The lowest BCUT2D eigenvalue weighted by atomic mass is 9.98. The van der Waals surface area contributed by atoms with Gasteiger partial charge in [0.1, 0.15) is 0 Å². The molecule has 5 nitrogen and oxygen atoms in total. The summed E-state index contributed by atoms with van der Waals surface area (Å²) in [4.78, 5) is 14.3. The number of hydrogen-bond donors (Lipinski definition) is 1. The van der Waals surface area contributed by atoms with Crippen molar-refractivity contribution in [2.45, 2.75) is 39.3 Å². The number of urea groups is 1. The van der Waals surface area contributed by atoms with Crippen LogP contribution in [0, 0.1) is 13.8 Å².